The van der Waals surface area contributed by atoms with E-state index >= 15 is 0 Å². The number of nitro benzene ring substituents is 1. The number of ether oxygens (including phenoxy) is 1. The number of nitrogens with zero attached hydrogens (tertiary/aromatic N) is 2. The van der Waals surface area contributed by atoms with Crippen LogP contribution >= 0.6 is 0 Å². The minimum absolute atomic E-state index is 0.0597. The second-order valence-corrected chi connectivity index (χ2v) is 3.24. The van der Waals surface area contributed by atoms with Crippen LogP contribution in [0.1, 0.15) is 5.56 Å². The minimum atomic E-state index is -0.888. The summed E-state index contributed by atoms with van der Waals surface area (Å²) in [4.78, 5) is 34.1. The number of rotatable bonds is 4. The van der Waals surface area contributed by atoms with E-state index in [9.17, 15) is 19.7 Å². The number of nitrogens with two attached hydrogens (primary N) is 1. The Balaban J connectivity index is 2.48. The first-order valence-electron chi connectivity index (χ1n) is 4.97. The summed E-state index contributed by atoms with van der Waals surface area (Å²) in [5.74, 6) is -0.385. The molecule has 0 atom stereocenters. The lowest BCUT2D eigenvalue weighted by molar-refractivity contribution is -0.384. The summed E-state index contributed by atoms with van der Waals surface area (Å²) in [7, 11) is 0. The van der Waals surface area contributed by atoms with Crippen molar-refractivity contribution in [1.29, 1.82) is 0 Å². The Kier molecular flexibility index (Phi) is 4.96. The van der Waals surface area contributed by atoms with Crippen molar-refractivity contribution in [2.45, 2.75) is 6.61 Å². The number of nitro groups is 1. The Morgan fingerprint density at radius 3 is 2.63 bits per heavy atom. The Bertz CT molecular complexity index is 511. The van der Waals surface area contributed by atoms with E-state index in [-0.39, 0.29) is 24.7 Å². The largest absolute Gasteiger partial charge is 0.444 e. The molecule has 0 unspecified atom stereocenters. The number of guanidine groups is 1. The van der Waals surface area contributed by atoms with Gasteiger partial charge in [-0.15, -0.1) is 0 Å². The normalized spacial score (nSPS) is 10.6. The van der Waals surface area contributed by atoms with E-state index in [4.69, 9.17) is 10.5 Å². The van der Waals surface area contributed by atoms with Gasteiger partial charge in [-0.3, -0.25) is 20.2 Å². The van der Waals surface area contributed by atoms with Gasteiger partial charge in [0.15, 0.2) is 0 Å². The van der Waals surface area contributed by atoms with Crippen molar-refractivity contribution < 1.29 is 19.2 Å². The van der Waals surface area contributed by atoms with Crippen LogP contribution in [0.4, 0.5) is 10.5 Å². The molecule has 0 aromatic heterocycles. The molecule has 100 valence electrons. The molecule has 0 fully saturated rings. The van der Waals surface area contributed by atoms with Crippen LogP contribution in [0, 0.1) is 10.1 Å². The highest BCUT2D eigenvalue weighted by atomic mass is 16.6. The van der Waals surface area contributed by atoms with Crippen molar-refractivity contribution in [1.82, 2.24) is 5.32 Å². The van der Waals surface area contributed by atoms with E-state index < -0.39 is 11.0 Å². The van der Waals surface area contributed by atoms with E-state index in [1.807, 2.05) is 5.32 Å². The van der Waals surface area contributed by atoms with Gasteiger partial charge in [0.25, 0.3) is 5.69 Å². The average molecular weight is 266 g/mol. The zero-order chi connectivity index (χ0) is 14.3. The number of aliphatic imine (C=N–C) groups is 1. The summed E-state index contributed by atoms with van der Waals surface area (Å²) < 4.78 is 4.75. The Hall–Kier alpha value is -2.97. The van der Waals surface area contributed by atoms with Crippen molar-refractivity contribution in [2.75, 3.05) is 0 Å². The number of alkyl carbamates (subject to hydrolysis) is 1. The third-order valence-electron chi connectivity index (χ3n) is 1.94. The van der Waals surface area contributed by atoms with Gasteiger partial charge in [0.1, 0.15) is 6.61 Å². The highest BCUT2D eigenvalue weighted by molar-refractivity contribution is 5.95. The molecule has 3 N–H and O–H groups in total. The summed E-state index contributed by atoms with van der Waals surface area (Å²) in [6.45, 7) is -0.0990. The van der Waals surface area contributed by atoms with Gasteiger partial charge in [-0.05, 0) is 17.7 Å². The zero-order valence-electron chi connectivity index (χ0n) is 9.61. The summed E-state index contributed by atoms with van der Waals surface area (Å²) in [5.41, 5.74) is 5.64. The van der Waals surface area contributed by atoms with Gasteiger partial charge in [0.2, 0.25) is 12.4 Å². The first-order chi connectivity index (χ1) is 9.02. The molecule has 9 nitrogen and oxygen atoms in total. The fourth-order valence-corrected chi connectivity index (χ4v) is 1.09. The maximum absolute atomic E-state index is 11.2. The predicted octanol–water partition coefficient (Wildman–Crippen LogP) is 0.292. The van der Waals surface area contributed by atoms with Crippen molar-refractivity contribution >= 4 is 24.2 Å². The summed E-state index contributed by atoms with van der Waals surface area (Å²) in [6, 6.07) is 5.49. The fourth-order valence-electron chi connectivity index (χ4n) is 1.09. The van der Waals surface area contributed by atoms with Gasteiger partial charge in [0.05, 0.1) is 4.92 Å². The molecule has 0 heterocycles. The van der Waals surface area contributed by atoms with Crippen LogP contribution in [-0.2, 0) is 16.1 Å². The van der Waals surface area contributed by atoms with Crippen molar-refractivity contribution in [3.63, 3.8) is 0 Å². The fraction of sp³-hybridized carbons (Fsp3) is 0.100. The lowest BCUT2D eigenvalue weighted by Crippen LogP contribution is -2.37. The summed E-state index contributed by atoms with van der Waals surface area (Å²) in [6.07, 6.45) is -0.715. The van der Waals surface area contributed by atoms with Crippen LogP contribution in [0.15, 0.2) is 29.3 Å². The van der Waals surface area contributed by atoms with Gasteiger partial charge in [-0.2, -0.15) is 4.99 Å². The van der Waals surface area contributed by atoms with Gasteiger partial charge in [0, 0.05) is 12.1 Å². The first-order valence-corrected chi connectivity index (χ1v) is 4.97. The topological polar surface area (TPSA) is 137 Å². The maximum atomic E-state index is 11.2. The number of hydrogen-bond donors (Lipinski definition) is 2. The summed E-state index contributed by atoms with van der Waals surface area (Å²) in [5, 5.41) is 12.4. The second-order valence-electron chi connectivity index (χ2n) is 3.24. The van der Waals surface area contributed by atoms with Crippen LogP contribution < -0.4 is 11.1 Å². The number of non-ortho nitro benzene ring substituents is 1. The highest BCUT2D eigenvalue weighted by Crippen LogP contribution is 2.12. The van der Waals surface area contributed by atoms with Crippen LogP contribution in [-0.4, -0.2) is 23.4 Å². The van der Waals surface area contributed by atoms with Gasteiger partial charge in [-0.1, -0.05) is 0 Å². The molecular formula is C10H10N4O5. The number of hydrogen-bond acceptors (Lipinski definition) is 5. The predicted molar refractivity (Wildman–Crippen MR) is 64.1 cm³/mol. The number of carbonyl (C=O) groups excluding carboxylic acids is 2. The van der Waals surface area contributed by atoms with Crippen LogP contribution in [0.25, 0.3) is 0 Å². The molecule has 0 spiro atoms. The van der Waals surface area contributed by atoms with E-state index in [1.54, 1.807) is 0 Å². The lowest BCUT2D eigenvalue weighted by Gasteiger charge is -2.05. The van der Waals surface area contributed by atoms with E-state index in [1.165, 1.54) is 24.3 Å². The number of amides is 2. The van der Waals surface area contributed by atoms with E-state index in [0.717, 1.165) is 0 Å². The standard InChI is InChI=1S/C10H10N4O5/c11-9(12-6-15)13-10(16)19-5-7-1-3-8(4-2-7)14(17)18/h1-4,6H,5H2,(H3,11,12,13,15,16). The number of benzene rings is 1. The van der Waals surface area contributed by atoms with Crippen LogP contribution in [0.3, 0.4) is 0 Å². The highest BCUT2D eigenvalue weighted by Gasteiger charge is 2.07. The molecule has 1 rings (SSSR count). The third-order valence-corrected chi connectivity index (χ3v) is 1.94. The SMILES string of the molecule is NC(=NC=O)NC(=O)OCc1ccc([N+](=O)[O-])cc1. The molecule has 0 saturated carbocycles. The molecule has 9 heteroatoms. The van der Waals surface area contributed by atoms with Crippen molar-refractivity contribution in [3.8, 4) is 0 Å². The number of nitrogens with one attached hydrogen (secondary N) is 1. The van der Waals surface area contributed by atoms with E-state index in [0.29, 0.717) is 5.56 Å². The molecule has 1 aromatic carbocycles. The van der Waals surface area contributed by atoms with Crippen LogP contribution in [0.2, 0.25) is 0 Å². The van der Waals surface area contributed by atoms with Gasteiger partial charge in [-0.25, -0.2) is 4.79 Å². The first kappa shape index (κ1) is 14.1. The number of carbonyl (C=O) groups is 2. The van der Waals surface area contributed by atoms with Crippen molar-refractivity contribution in [2.24, 2.45) is 10.7 Å². The molecule has 0 bridgehead atoms. The quantitative estimate of drug-likeness (QED) is 0.264. The second kappa shape index (κ2) is 6.69. The minimum Gasteiger partial charge on any atom is -0.444 e. The Morgan fingerprint density at radius 2 is 2.11 bits per heavy atom. The average Bonchev–Trinajstić information content (AvgIpc) is 2.37. The lowest BCUT2D eigenvalue weighted by atomic mass is 10.2. The molecule has 19 heavy (non-hydrogen) atoms. The Morgan fingerprint density at radius 1 is 1.47 bits per heavy atom. The monoisotopic (exact) mass is 266 g/mol. The third kappa shape index (κ3) is 4.81. The molecule has 0 aliphatic carbocycles. The molecule has 0 radical (unpaired) electrons. The van der Waals surface area contributed by atoms with Gasteiger partial charge < -0.3 is 10.5 Å². The molecule has 1 aromatic rings. The zero-order valence-corrected chi connectivity index (χ0v) is 9.61. The van der Waals surface area contributed by atoms with Crippen LogP contribution in [0.5, 0.6) is 0 Å². The molecule has 2 amide bonds. The smallest absolute Gasteiger partial charge is 0.414 e. The Labute approximate surface area is 107 Å². The summed E-state index contributed by atoms with van der Waals surface area (Å²) >= 11 is 0. The molecule has 0 aliphatic rings. The molecular weight excluding hydrogens is 256 g/mol. The van der Waals surface area contributed by atoms with E-state index in [2.05, 4.69) is 4.99 Å². The molecule has 0 aliphatic heterocycles. The van der Waals surface area contributed by atoms with Gasteiger partial charge >= 0.3 is 6.09 Å². The van der Waals surface area contributed by atoms with Crippen molar-refractivity contribution in [3.05, 3.63) is 39.9 Å². The molecule has 0 saturated heterocycles. The maximum Gasteiger partial charge on any atom is 0.414 e.